The monoisotopic (exact) mass is 211 g/mol. The van der Waals surface area contributed by atoms with E-state index in [0.29, 0.717) is 6.04 Å². The van der Waals surface area contributed by atoms with Gasteiger partial charge in [-0.15, -0.1) is 0 Å². The summed E-state index contributed by atoms with van der Waals surface area (Å²) in [5, 5.41) is 3.31. The topological polar surface area (TPSA) is 34.4 Å². The van der Waals surface area contributed by atoms with Crippen LogP contribution in [-0.4, -0.2) is 26.3 Å². The van der Waals surface area contributed by atoms with Crippen molar-refractivity contribution in [3.05, 3.63) is 24.2 Å². The average molecular weight is 211 g/mol. The zero-order chi connectivity index (χ0) is 11.1. The summed E-state index contributed by atoms with van der Waals surface area (Å²) in [6.45, 7) is 2.18. The van der Waals surface area contributed by atoms with Gasteiger partial charge in [-0.3, -0.25) is 0 Å². The predicted octanol–water partition coefficient (Wildman–Crippen LogP) is 2.23. The fourth-order valence-electron chi connectivity index (χ4n) is 1.85. The van der Waals surface area contributed by atoms with Gasteiger partial charge in [0.05, 0.1) is 18.6 Å². The van der Waals surface area contributed by atoms with Crippen LogP contribution in [0, 0.1) is 0 Å². The van der Waals surface area contributed by atoms with Crippen LogP contribution < -0.4 is 5.32 Å². The first-order valence-corrected chi connectivity index (χ1v) is 5.53. The molecule has 1 aromatic rings. The molecule has 0 bridgehead atoms. The number of likely N-dealkylation sites (N-methyl/N-ethyl adjacent to an activating group) is 1. The smallest absolute Gasteiger partial charge is 0.0935 e. The third-order valence-corrected chi connectivity index (χ3v) is 2.73. The average Bonchev–Trinajstić information content (AvgIpc) is 2.75. The van der Waals surface area contributed by atoms with Gasteiger partial charge in [0.25, 0.3) is 0 Å². The predicted molar refractivity (Wildman–Crippen MR) is 61.0 cm³/mol. The number of hydrogen-bond donors (Lipinski definition) is 1. The van der Waals surface area contributed by atoms with Crippen LogP contribution in [0.5, 0.6) is 0 Å². The first-order chi connectivity index (χ1) is 7.31. The highest BCUT2D eigenvalue weighted by Crippen LogP contribution is 2.12. The first kappa shape index (κ1) is 12.3. The number of rotatable bonds is 7. The normalized spacial score (nSPS) is 15.1. The summed E-state index contributed by atoms with van der Waals surface area (Å²) in [4.78, 5) is 0. The molecule has 0 aliphatic rings. The van der Waals surface area contributed by atoms with Crippen molar-refractivity contribution < 1.29 is 9.15 Å². The second-order valence-electron chi connectivity index (χ2n) is 3.79. The van der Waals surface area contributed by atoms with E-state index in [1.807, 2.05) is 13.1 Å². The number of methoxy groups -OCH3 is 1. The largest absolute Gasteiger partial charge is 0.472 e. The fourth-order valence-corrected chi connectivity index (χ4v) is 1.85. The number of hydrogen-bond acceptors (Lipinski definition) is 3. The lowest BCUT2D eigenvalue weighted by molar-refractivity contribution is 0.0633. The Morgan fingerprint density at radius 2 is 2.33 bits per heavy atom. The van der Waals surface area contributed by atoms with E-state index in [0.717, 1.165) is 19.3 Å². The number of furan rings is 1. The van der Waals surface area contributed by atoms with E-state index < -0.39 is 0 Å². The van der Waals surface area contributed by atoms with Crippen LogP contribution in [0.15, 0.2) is 23.0 Å². The van der Waals surface area contributed by atoms with Gasteiger partial charge in [0.15, 0.2) is 0 Å². The molecule has 1 N–H and O–H groups in total. The van der Waals surface area contributed by atoms with Crippen LogP contribution in [0.4, 0.5) is 0 Å². The van der Waals surface area contributed by atoms with Crippen LogP contribution in [0.25, 0.3) is 0 Å². The van der Waals surface area contributed by atoms with Gasteiger partial charge in [-0.25, -0.2) is 0 Å². The maximum Gasteiger partial charge on any atom is 0.0935 e. The van der Waals surface area contributed by atoms with Crippen molar-refractivity contribution in [3.63, 3.8) is 0 Å². The molecular weight excluding hydrogens is 190 g/mol. The van der Waals surface area contributed by atoms with Crippen molar-refractivity contribution in [3.8, 4) is 0 Å². The number of ether oxygens (including phenoxy) is 1. The summed E-state index contributed by atoms with van der Waals surface area (Å²) in [5.74, 6) is 0. The second-order valence-corrected chi connectivity index (χ2v) is 3.79. The van der Waals surface area contributed by atoms with Crippen molar-refractivity contribution in [1.82, 2.24) is 5.32 Å². The molecule has 0 saturated heterocycles. The molecule has 0 aliphatic heterocycles. The maximum atomic E-state index is 5.50. The molecule has 0 amide bonds. The van der Waals surface area contributed by atoms with Crippen molar-refractivity contribution in [1.29, 1.82) is 0 Å². The SMILES string of the molecule is CCCC(OC)C(Cc1ccoc1)NC. The summed E-state index contributed by atoms with van der Waals surface area (Å²) in [7, 11) is 3.76. The summed E-state index contributed by atoms with van der Waals surface area (Å²) in [5.41, 5.74) is 1.22. The van der Waals surface area contributed by atoms with Gasteiger partial charge in [-0.1, -0.05) is 13.3 Å². The fraction of sp³-hybridized carbons (Fsp3) is 0.667. The maximum absolute atomic E-state index is 5.50. The molecule has 86 valence electrons. The molecule has 0 saturated carbocycles. The van der Waals surface area contributed by atoms with Crippen LogP contribution in [0.3, 0.4) is 0 Å². The molecule has 0 aliphatic carbocycles. The lowest BCUT2D eigenvalue weighted by atomic mass is 10.00. The van der Waals surface area contributed by atoms with Crippen LogP contribution in [0.2, 0.25) is 0 Å². The lowest BCUT2D eigenvalue weighted by Crippen LogP contribution is -2.40. The van der Waals surface area contributed by atoms with Gasteiger partial charge < -0.3 is 14.5 Å². The zero-order valence-electron chi connectivity index (χ0n) is 9.82. The third kappa shape index (κ3) is 3.68. The molecule has 0 radical (unpaired) electrons. The van der Waals surface area contributed by atoms with Gasteiger partial charge in [-0.05, 0) is 31.5 Å². The first-order valence-electron chi connectivity index (χ1n) is 5.53. The Kier molecular flexibility index (Phi) is 5.43. The molecule has 3 nitrogen and oxygen atoms in total. The molecule has 1 heterocycles. The quantitative estimate of drug-likeness (QED) is 0.751. The molecule has 1 aromatic heterocycles. The Labute approximate surface area is 91.8 Å². The molecule has 15 heavy (non-hydrogen) atoms. The van der Waals surface area contributed by atoms with E-state index in [9.17, 15) is 0 Å². The third-order valence-electron chi connectivity index (χ3n) is 2.73. The van der Waals surface area contributed by atoms with E-state index in [-0.39, 0.29) is 6.10 Å². The summed E-state index contributed by atoms with van der Waals surface area (Å²) in [6.07, 6.45) is 6.95. The Balaban J connectivity index is 2.53. The van der Waals surface area contributed by atoms with Crippen molar-refractivity contribution in [2.75, 3.05) is 14.2 Å². The number of nitrogens with one attached hydrogen (secondary N) is 1. The van der Waals surface area contributed by atoms with E-state index in [4.69, 9.17) is 9.15 Å². The van der Waals surface area contributed by atoms with E-state index in [1.54, 1.807) is 19.6 Å². The van der Waals surface area contributed by atoms with Gasteiger partial charge in [0, 0.05) is 13.2 Å². The van der Waals surface area contributed by atoms with Gasteiger partial charge >= 0.3 is 0 Å². The summed E-state index contributed by atoms with van der Waals surface area (Å²) in [6, 6.07) is 2.36. The zero-order valence-corrected chi connectivity index (χ0v) is 9.82. The van der Waals surface area contributed by atoms with E-state index in [2.05, 4.69) is 12.2 Å². The molecule has 2 atom stereocenters. The minimum Gasteiger partial charge on any atom is -0.472 e. The summed E-state index contributed by atoms with van der Waals surface area (Å²) >= 11 is 0. The van der Waals surface area contributed by atoms with E-state index in [1.165, 1.54) is 5.56 Å². The molecule has 0 spiro atoms. The van der Waals surface area contributed by atoms with Crippen molar-refractivity contribution in [2.24, 2.45) is 0 Å². The molecule has 0 fully saturated rings. The van der Waals surface area contributed by atoms with Crippen molar-refractivity contribution >= 4 is 0 Å². The van der Waals surface area contributed by atoms with Crippen LogP contribution >= 0.6 is 0 Å². The summed E-state index contributed by atoms with van der Waals surface area (Å²) < 4.78 is 10.6. The van der Waals surface area contributed by atoms with Gasteiger partial charge in [0.2, 0.25) is 0 Å². The van der Waals surface area contributed by atoms with Crippen molar-refractivity contribution in [2.45, 2.75) is 38.3 Å². The standard InChI is InChI=1S/C12H21NO2/c1-4-5-12(14-3)11(13-2)8-10-6-7-15-9-10/h6-7,9,11-13H,4-5,8H2,1-3H3. The molecule has 0 aromatic carbocycles. The molecule has 1 rings (SSSR count). The Bertz CT molecular complexity index is 246. The highest BCUT2D eigenvalue weighted by Gasteiger charge is 2.19. The van der Waals surface area contributed by atoms with Gasteiger partial charge in [-0.2, -0.15) is 0 Å². The molecular formula is C12H21NO2. The highest BCUT2D eigenvalue weighted by atomic mass is 16.5. The lowest BCUT2D eigenvalue weighted by Gasteiger charge is -2.25. The minimum absolute atomic E-state index is 0.273. The van der Waals surface area contributed by atoms with E-state index >= 15 is 0 Å². The van der Waals surface area contributed by atoms with Gasteiger partial charge in [0.1, 0.15) is 0 Å². The van der Waals surface area contributed by atoms with Crippen LogP contribution in [0.1, 0.15) is 25.3 Å². The molecule has 2 unspecified atom stereocenters. The Morgan fingerprint density at radius 3 is 2.80 bits per heavy atom. The minimum atomic E-state index is 0.273. The Hall–Kier alpha value is -0.800. The highest BCUT2D eigenvalue weighted by molar-refractivity contribution is 5.08. The van der Waals surface area contributed by atoms with Crippen LogP contribution in [-0.2, 0) is 11.2 Å². The Morgan fingerprint density at radius 1 is 1.53 bits per heavy atom. The second kappa shape index (κ2) is 6.64. The molecule has 3 heteroatoms.